The maximum Gasteiger partial charge on any atom is 0.345 e. The first-order valence-electron chi connectivity index (χ1n) is 9.41. The highest BCUT2D eigenvalue weighted by molar-refractivity contribution is 5.91. The SMILES string of the molecule is NC(=O)C1(C2CCNCC2)CCC2CN1C(=O)N2OCc1ccccc1. The molecule has 7 nitrogen and oxygen atoms in total. The summed E-state index contributed by atoms with van der Waals surface area (Å²) in [6.45, 7) is 2.58. The molecule has 3 saturated heterocycles. The van der Waals surface area contributed by atoms with Crippen molar-refractivity contribution >= 4 is 11.9 Å². The highest BCUT2D eigenvalue weighted by Crippen LogP contribution is 2.44. The molecule has 0 radical (unpaired) electrons. The third-order valence-electron chi connectivity index (χ3n) is 6.14. The van der Waals surface area contributed by atoms with E-state index in [-0.39, 0.29) is 23.9 Å². The molecule has 0 aromatic heterocycles. The van der Waals surface area contributed by atoms with E-state index in [0.717, 1.165) is 37.9 Å². The van der Waals surface area contributed by atoms with Crippen LogP contribution in [0.5, 0.6) is 0 Å². The van der Waals surface area contributed by atoms with Gasteiger partial charge in [-0.1, -0.05) is 30.3 Å². The Kier molecular flexibility index (Phi) is 4.58. The van der Waals surface area contributed by atoms with Crippen LogP contribution in [0.2, 0.25) is 0 Å². The number of hydrogen-bond acceptors (Lipinski definition) is 4. The molecule has 2 bridgehead atoms. The topological polar surface area (TPSA) is 87.9 Å². The van der Waals surface area contributed by atoms with Crippen molar-refractivity contribution in [2.24, 2.45) is 11.7 Å². The smallest absolute Gasteiger partial charge is 0.345 e. The number of hydroxylamine groups is 2. The molecule has 3 aliphatic rings. The minimum absolute atomic E-state index is 0.0135. The molecular weight excluding hydrogens is 332 g/mol. The van der Waals surface area contributed by atoms with Crippen LogP contribution in [0.1, 0.15) is 31.2 Å². The monoisotopic (exact) mass is 358 g/mol. The van der Waals surface area contributed by atoms with Crippen molar-refractivity contribution in [2.45, 2.75) is 43.9 Å². The minimum Gasteiger partial charge on any atom is -0.368 e. The minimum atomic E-state index is -0.874. The molecule has 7 heteroatoms. The van der Waals surface area contributed by atoms with Crippen LogP contribution in [0.15, 0.2) is 30.3 Å². The Bertz CT molecular complexity index is 677. The number of carbonyl (C=O) groups is 2. The number of carbonyl (C=O) groups excluding carboxylic acids is 2. The van der Waals surface area contributed by atoms with Crippen LogP contribution in [0.25, 0.3) is 0 Å². The van der Waals surface area contributed by atoms with Crippen LogP contribution in [-0.2, 0) is 16.2 Å². The highest BCUT2D eigenvalue weighted by atomic mass is 16.7. The van der Waals surface area contributed by atoms with Gasteiger partial charge in [0, 0.05) is 6.54 Å². The van der Waals surface area contributed by atoms with Crippen LogP contribution >= 0.6 is 0 Å². The highest BCUT2D eigenvalue weighted by Gasteiger charge is 2.59. The van der Waals surface area contributed by atoms with Gasteiger partial charge in [-0.3, -0.25) is 9.63 Å². The summed E-state index contributed by atoms with van der Waals surface area (Å²) in [5.41, 5.74) is 6.01. The van der Waals surface area contributed by atoms with Crippen molar-refractivity contribution in [1.29, 1.82) is 0 Å². The molecule has 2 unspecified atom stereocenters. The number of rotatable bonds is 5. The van der Waals surface area contributed by atoms with E-state index in [4.69, 9.17) is 10.6 Å². The van der Waals surface area contributed by atoms with Gasteiger partial charge in [-0.15, -0.1) is 0 Å². The fraction of sp³-hybridized carbons (Fsp3) is 0.579. The third-order valence-corrected chi connectivity index (χ3v) is 6.14. The lowest BCUT2D eigenvalue weighted by Gasteiger charge is -2.47. The summed E-state index contributed by atoms with van der Waals surface area (Å²) >= 11 is 0. The van der Waals surface area contributed by atoms with Gasteiger partial charge >= 0.3 is 6.03 Å². The van der Waals surface area contributed by atoms with Gasteiger partial charge in [0.05, 0.1) is 6.04 Å². The fourth-order valence-electron chi connectivity index (χ4n) is 4.76. The largest absolute Gasteiger partial charge is 0.368 e. The number of fused-ring (bicyclic) bond motifs is 2. The standard InChI is InChI=1S/C19H26N4O3/c20-17(24)19(15-7-10-21-11-8-15)9-6-16-12-22(19)18(25)23(16)26-13-14-4-2-1-3-5-14/h1-5,15-16,21H,6-13H2,(H2,20,24). The molecule has 3 N–H and O–H groups in total. The van der Waals surface area contributed by atoms with E-state index in [2.05, 4.69) is 5.32 Å². The lowest BCUT2D eigenvalue weighted by atomic mass is 9.71. The molecular formula is C19H26N4O3. The number of nitrogens with one attached hydrogen (secondary N) is 1. The first-order chi connectivity index (χ1) is 12.6. The van der Waals surface area contributed by atoms with Gasteiger partial charge < -0.3 is 16.0 Å². The van der Waals surface area contributed by atoms with Crippen LogP contribution in [0.3, 0.4) is 0 Å². The van der Waals surface area contributed by atoms with Crippen molar-refractivity contribution < 1.29 is 14.4 Å². The van der Waals surface area contributed by atoms with E-state index in [1.54, 1.807) is 4.90 Å². The molecule has 26 heavy (non-hydrogen) atoms. The van der Waals surface area contributed by atoms with Crippen LogP contribution in [-0.4, -0.2) is 53.1 Å². The van der Waals surface area contributed by atoms with Crippen molar-refractivity contribution in [2.75, 3.05) is 19.6 Å². The summed E-state index contributed by atoms with van der Waals surface area (Å²) in [4.78, 5) is 33.2. The lowest BCUT2D eigenvalue weighted by molar-refractivity contribution is -0.141. The van der Waals surface area contributed by atoms with E-state index in [1.165, 1.54) is 5.06 Å². The Morgan fingerprint density at radius 1 is 1.23 bits per heavy atom. The summed E-state index contributed by atoms with van der Waals surface area (Å²) in [5.74, 6) is -0.263. The number of benzene rings is 1. The maximum absolute atomic E-state index is 13.1. The van der Waals surface area contributed by atoms with Gasteiger partial charge in [0.2, 0.25) is 5.91 Å². The summed E-state index contributed by atoms with van der Waals surface area (Å²) in [7, 11) is 0. The van der Waals surface area contributed by atoms with E-state index in [0.29, 0.717) is 19.6 Å². The average molecular weight is 358 g/mol. The van der Waals surface area contributed by atoms with Crippen LogP contribution in [0.4, 0.5) is 4.79 Å². The quantitative estimate of drug-likeness (QED) is 0.829. The second kappa shape index (κ2) is 6.89. The van der Waals surface area contributed by atoms with Gasteiger partial charge in [0.25, 0.3) is 0 Å². The van der Waals surface area contributed by atoms with Crippen molar-refractivity contribution in [3.63, 3.8) is 0 Å². The van der Waals surface area contributed by atoms with Crippen LogP contribution < -0.4 is 11.1 Å². The first kappa shape index (κ1) is 17.3. The number of piperidine rings is 2. The Labute approximate surface area is 153 Å². The van der Waals surface area contributed by atoms with E-state index >= 15 is 0 Å². The predicted octanol–water partition coefficient (Wildman–Crippen LogP) is 1.24. The molecule has 140 valence electrons. The Morgan fingerprint density at radius 3 is 2.65 bits per heavy atom. The number of hydrogen-bond donors (Lipinski definition) is 2. The van der Waals surface area contributed by atoms with Crippen molar-refractivity contribution in [3.05, 3.63) is 35.9 Å². The average Bonchev–Trinajstić information content (AvgIpc) is 2.93. The molecule has 0 saturated carbocycles. The molecule has 1 aromatic carbocycles. The van der Waals surface area contributed by atoms with Gasteiger partial charge in [-0.05, 0) is 50.3 Å². The van der Waals surface area contributed by atoms with Gasteiger partial charge in [-0.25, -0.2) is 4.79 Å². The zero-order valence-corrected chi connectivity index (χ0v) is 14.9. The fourth-order valence-corrected chi connectivity index (χ4v) is 4.76. The molecule has 0 spiro atoms. The summed E-state index contributed by atoms with van der Waals surface area (Å²) in [6.07, 6.45) is 3.09. The normalized spacial score (nSPS) is 29.2. The zero-order valence-electron chi connectivity index (χ0n) is 14.9. The third kappa shape index (κ3) is 2.75. The summed E-state index contributed by atoms with van der Waals surface area (Å²) in [6, 6.07) is 9.54. The molecule has 0 aliphatic carbocycles. The Balaban J connectivity index is 1.53. The van der Waals surface area contributed by atoms with Gasteiger partial charge in [-0.2, -0.15) is 5.06 Å². The van der Waals surface area contributed by atoms with E-state index in [9.17, 15) is 9.59 Å². The number of urea groups is 1. The molecule has 1 aromatic rings. The summed E-state index contributed by atoms with van der Waals surface area (Å²) in [5, 5.41) is 4.79. The molecule has 3 amide bonds. The summed E-state index contributed by atoms with van der Waals surface area (Å²) < 4.78 is 0. The zero-order chi connectivity index (χ0) is 18.1. The molecule has 2 atom stereocenters. The van der Waals surface area contributed by atoms with Crippen LogP contribution in [0, 0.1) is 5.92 Å². The van der Waals surface area contributed by atoms with E-state index in [1.807, 2.05) is 30.3 Å². The number of nitrogens with two attached hydrogens (primary N) is 1. The Hall–Kier alpha value is -2.12. The molecule has 3 fully saturated rings. The maximum atomic E-state index is 13.1. The van der Waals surface area contributed by atoms with Gasteiger partial charge in [0.15, 0.2) is 0 Å². The number of primary amides is 1. The number of nitrogens with zero attached hydrogens (tertiary/aromatic N) is 2. The second-order valence-corrected chi connectivity index (χ2v) is 7.48. The van der Waals surface area contributed by atoms with Gasteiger partial charge in [0.1, 0.15) is 12.1 Å². The van der Waals surface area contributed by atoms with E-state index < -0.39 is 5.54 Å². The Morgan fingerprint density at radius 2 is 1.96 bits per heavy atom. The molecule has 4 rings (SSSR count). The molecule has 3 aliphatic heterocycles. The second-order valence-electron chi connectivity index (χ2n) is 7.48. The predicted molar refractivity (Wildman–Crippen MR) is 95.7 cm³/mol. The first-order valence-corrected chi connectivity index (χ1v) is 9.41. The number of amides is 3. The van der Waals surface area contributed by atoms with Crippen molar-refractivity contribution in [3.8, 4) is 0 Å². The lowest BCUT2D eigenvalue weighted by Crippen LogP contribution is -2.65. The molecule has 3 heterocycles. The van der Waals surface area contributed by atoms with Crippen molar-refractivity contribution in [1.82, 2.24) is 15.3 Å².